The summed E-state index contributed by atoms with van der Waals surface area (Å²) >= 11 is 0. The molecule has 1 aromatic carbocycles. The molecule has 1 N–H and O–H groups in total. The number of hydrogen-bond donors (Lipinski definition) is 1. The summed E-state index contributed by atoms with van der Waals surface area (Å²) in [7, 11) is 1.90. The van der Waals surface area contributed by atoms with Gasteiger partial charge in [0, 0.05) is 25.6 Å². The molecule has 2 rings (SSSR count). The third-order valence-electron chi connectivity index (χ3n) is 4.93. The molecule has 0 spiro atoms. The number of ether oxygens (including phenoxy) is 1. The zero-order chi connectivity index (χ0) is 17.4. The van der Waals surface area contributed by atoms with E-state index in [2.05, 4.69) is 34.5 Å². The summed E-state index contributed by atoms with van der Waals surface area (Å²) in [6.45, 7) is 7.32. The number of hydrogen-bond acceptors (Lipinski definition) is 3. The summed E-state index contributed by atoms with van der Waals surface area (Å²) in [4.78, 5) is 14.4. The number of carbonyl (C=O) groups excluding carboxylic acids is 1. The van der Waals surface area contributed by atoms with Gasteiger partial charge >= 0.3 is 0 Å². The number of halogens is 1. The van der Waals surface area contributed by atoms with E-state index in [1.807, 2.05) is 20.9 Å². The molecular weight excluding hydrogens is 336 g/mol. The van der Waals surface area contributed by atoms with Crippen LogP contribution in [-0.2, 0) is 11.2 Å². The molecule has 1 fully saturated rings. The van der Waals surface area contributed by atoms with Gasteiger partial charge in [0.25, 0.3) is 0 Å². The first kappa shape index (κ1) is 21.8. The molecule has 0 aromatic heterocycles. The number of nitrogens with zero attached hydrogens (tertiary/aromatic N) is 1. The van der Waals surface area contributed by atoms with Crippen LogP contribution in [0.1, 0.15) is 38.7 Å². The van der Waals surface area contributed by atoms with Gasteiger partial charge in [-0.2, -0.15) is 0 Å². The molecule has 142 valence electrons. The predicted octanol–water partition coefficient (Wildman–Crippen LogP) is 3.53. The monoisotopic (exact) mass is 368 g/mol. The number of benzene rings is 1. The van der Waals surface area contributed by atoms with Crippen molar-refractivity contribution in [3.8, 4) is 5.75 Å². The van der Waals surface area contributed by atoms with E-state index in [1.54, 1.807) is 0 Å². The smallest absolute Gasteiger partial charge is 0.226 e. The minimum atomic E-state index is 0. The molecule has 4 nitrogen and oxygen atoms in total. The normalized spacial score (nSPS) is 16.2. The van der Waals surface area contributed by atoms with Crippen molar-refractivity contribution in [2.75, 3.05) is 33.3 Å². The van der Waals surface area contributed by atoms with Gasteiger partial charge < -0.3 is 15.0 Å². The highest BCUT2D eigenvalue weighted by Gasteiger charge is 2.25. The summed E-state index contributed by atoms with van der Waals surface area (Å²) < 4.78 is 5.48. The molecule has 1 saturated heterocycles. The molecule has 1 aliphatic rings. The van der Waals surface area contributed by atoms with Crippen molar-refractivity contribution in [3.63, 3.8) is 0 Å². The van der Waals surface area contributed by atoms with Crippen LogP contribution in [0, 0.1) is 11.8 Å². The van der Waals surface area contributed by atoms with Crippen molar-refractivity contribution >= 4 is 18.3 Å². The Labute approximate surface area is 158 Å². The van der Waals surface area contributed by atoms with E-state index in [0.717, 1.165) is 50.6 Å². The maximum atomic E-state index is 12.3. The van der Waals surface area contributed by atoms with Crippen molar-refractivity contribution in [1.29, 1.82) is 0 Å². The van der Waals surface area contributed by atoms with Gasteiger partial charge in [-0.3, -0.25) is 4.79 Å². The number of likely N-dealkylation sites (tertiary alicyclic amines) is 1. The Morgan fingerprint density at radius 1 is 1.28 bits per heavy atom. The first-order chi connectivity index (χ1) is 11.6. The highest BCUT2D eigenvalue weighted by molar-refractivity contribution is 5.85. The second-order valence-corrected chi connectivity index (χ2v) is 6.84. The minimum Gasteiger partial charge on any atom is -0.494 e. The van der Waals surface area contributed by atoms with Crippen LogP contribution in [0.25, 0.3) is 0 Å². The number of nitrogens with one attached hydrogen (secondary N) is 1. The highest BCUT2D eigenvalue weighted by atomic mass is 35.5. The van der Waals surface area contributed by atoms with E-state index in [9.17, 15) is 4.79 Å². The SMILES string of the molecule is CCOc1ccc(CCC2CCN(C(=O)C(C)CNC)CC2)cc1.Cl. The average Bonchev–Trinajstić information content (AvgIpc) is 2.61. The van der Waals surface area contributed by atoms with Gasteiger partial charge in [-0.25, -0.2) is 0 Å². The molecular formula is C20H33ClN2O2. The molecule has 1 unspecified atom stereocenters. The lowest BCUT2D eigenvalue weighted by Gasteiger charge is -2.33. The molecule has 5 heteroatoms. The fourth-order valence-electron chi connectivity index (χ4n) is 3.44. The Kier molecular flexibility index (Phi) is 9.91. The largest absolute Gasteiger partial charge is 0.494 e. The first-order valence-electron chi connectivity index (χ1n) is 9.29. The molecule has 0 bridgehead atoms. The third kappa shape index (κ3) is 6.87. The van der Waals surface area contributed by atoms with Gasteiger partial charge in [-0.05, 0) is 63.3 Å². The quantitative estimate of drug-likeness (QED) is 0.763. The maximum Gasteiger partial charge on any atom is 0.226 e. The second-order valence-electron chi connectivity index (χ2n) is 6.84. The van der Waals surface area contributed by atoms with E-state index in [4.69, 9.17) is 4.74 Å². The first-order valence-corrected chi connectivity index (χ1v) is 9.29. The Bertz CT molecular complexity index is 499. The summed E-state index contributed by atoms with van der Waals surface area (Å²) in [5, 5.41) is 3.09. The number of piperidine rings is 1. The van der Waals surface area contributed by atoms with Crippen molar-refractivity contribution < 1.29 is 9.53 Å². The molecule has 0 radical (unpaired) electrons. The van der Waals surface area contributed by atoms with E-state index in [0.29, 0.717) is 12.5 Å². The Morgan fingerprint density at radius 2 is 1.92 bits per heavy atom. The van der Waals surface area contributed by atoms with Crippen LogP contribution < -0.4 is 10.1 Å². The maximum absolute atomic E-state index is 12.3. The number of carbonyl (C=O) groups is 1. The van der Waals surface area contributed by atoms with Crippen LogP contribution in [-0.4, -0.2) is 44.1 Å². The number of aryl methyl sites for hydroxylation is 1. The second kappa shape index (κ2) is 11.4. The fraction of sp³-hybridized carbons (Fsp3) is 0.650. The minimum absolute atomic E-state index is 0. The third-order valence-corrected chi connectivity index (χ3v) is 4.93. The fourth-order valence-corrected chi connectivity index (χ4v) is 3.44. The summed E-state index contributed by atoms with van der Waals surface area (Å²) in [5.41, 5.74) is 1.37. The van der Waals surface area contributed by atoms with Crippen molar-refractivity contribution in [1.82, 2.24) is 10.2 Å². The zero-order valence-electron chi connectivity index (χ0n) is 15.8. The van der Waals surface area contributed by atoms with Gasteiger partial charge in [0.05, 0.1) is 6.61 Å². The average molecular weight is 369 g/mol. The van der Waals surface area contributed by atoms with Gasteiger partial charge in [0.15, 0.2) is 0 Å². The van der Waals surface area contributed by atoms with Gasteiger partial charge in [-0.1, -0.05) is 19.1 Å². The van der Waals surface area contributed by atoms with Crippen LogP contribution in [0.3, 0.4) is 0 Å². The lowest BCUT2D eigenvalue weighted by Crippen LogP contribution is -2.43. The van der Waals surface area contributed by atoms with Gasteiger partial charge in [0.1, 0.15) is 5.75 Å². The molecule has 0 saturated carbocycles. The van der Waals surface area contributed by atoms with Crippen molar-refractivity contribution in [2.24, 2.45) is 11.8 Å². The Hall–Kier alpha value is -1.26. The van der Waals surface area contributed by atoms with E-state index < -0.39 is 0 Å². The van der Waals surface area contributed by atoms with Crippen LogP contribution in [0.5, 0.6) is 5.75 Å². The highest BCUT2D eigenvalue weighted by Crippen LogP contribution is 2.24. The van der Waals surface area contributed by atoms with Crippen LogP contribution in [0.4, 0.5) is 0 Å². The zero-order valence-corrected chi connectivity index (χ0v) is 16.6. The molecule has 1 atom stereocenters. The van der Waals surface area contributed by atoms with Crippen LogP contribution in [0.15, 0.2) is 24.3 Å². The molecule has 1 aliphatic heterocycles. The van der Waals surface area contributed by atoms with Crippen molar-refractivity contribution in [2.45, 2.75) is 39.5 Å². The lowest BCUT2D eigenvalue weighted by atomic mass is 9.90. The molecule has 1 amide bonds. The van der Waals surface area contributed by atoms with Gasteiger partial charge in [0.2, 0.25) is 5.91 Å². The summed E-state index contributed by atoms with van der Waals surface area (Å²) in [5.74, 6) is 2.06. The predicted molar refractivity (Wildman–Crippen MR) is 106 cm³/mol. The molecule has 1 aromatic rings. The van der Waals surface area contributed by atoms with E-state index >= 15 is 0 Å². The summed E-state index contributed by atoms with van der Waals surface area (Å²) in [6, 6.07) is 8.46. The number of rotatable bonds is 8. The Morgan fingerprint density at radius 3 is 2.48 bits per heavy atom. The lowest BCUT2D eigenvalue weighted by molar-refractivity contribution is -0.136. The molecule has 25 heavy (non-hydrogen) atoms. The summed E-state index contributed by atoms with van der Waals surface area (Å²) in [6.07, 6.45) is 4.59. The van der Waals surface area contributed by atoms with E-state index in [-0.39, 0.29) is 18.3 Å². The van der Waals surface area contributed by atoms with E-state index in [1.165, 1.54) is 12.0 Å². The molecule has 0 aliphatic carbocycles. The standard InChI is InChI=1S/C20H32N2O2.ClH/c1-4-24-19-9-7-17(8-10-19)5-6-18-11-13-22(14-12-18)20(23)16(2)15-21-3;/h7-10,16,18,21H,4-6,11-15H2,1-3H3;1H. The topological polar surface area (TPSA) is 41.6 Å². The van der Waals surface area contributed by atoms with Crippen molar-refractivity contribution in [3.05, 3.63) is 29.8 Å². The molecule has 1 heterocycles. The van der Waals surface area contributed by atoms with Gasteiger partial charge in [-0.15, -0.1) is 12.4 Å². The van der Waals surface area contributed by atoms with Crippen LogP contribution in [0.2, 0.25) is 0 Å². The Balaban J connectivity index is 0.00000312. The number of amides is 1. The van der Waals surface area contributed by atoms with Crippen LogP contribution >= 0.6 is 12.4 Å².